The minimum absolute atomic E-state index is 0. The van der Waals surface area contributed by atoms with Gasteiger partial charge in [0.2, 0.25) is 0 Å². The van der Waals surface area contributed by atoms with Gasteiger partial charge in [-0.2, -0.15) is 0 Å². The highest BCUT2D eigenvalue weighted by Crippen LogP contribution is 2.38. The fourth-order valence-electron chi connectivity index (χ4n) is 4.14. The maximum atomic E-state index is 5.64. The second-order valence-electron chi connectivity index (χ2n) is 7.29. The molecule has 1 unspecified atom stereocenters. The molecule has 8 heteroatoms. The molecule has 2 fully saturated rings. The Morgan fingerprint density at radius 2 is 2.20 bits per heavy atom. The fraction of sp³-hybridized carbons (Fsp3) is 0.824. The van der Waals surface area contributed by atoms with Crippen molar-refractivity contribution >= 4 is 29.9 Å². The number of aliphatic imine (C=N–C) groups is 1. The van der Waals surface area contributed by atoms with Crippen LogP contribution in [0.25, 0.3) is 0 Å². The van der Waals surface area contributed by atoms with Gasteiger partial charge >= 0.3 is 0 Å². The Balaban J connectivity index is 0.00000182. The van der Waals surface area contributed by atoms with Gasteiger partial charge in [-0.25, -0.2) is 4.99 Å². The predicted octanol–water partition coefficient (Wildman–Crippen LogP) is 1.81. The molecular weight excluding hydrogens is 431 g/mol. The Labute approximate surface area is 166 Å². The molecule has 3 aliphatic rings. The molecule has 0 bridgehead atoms. The molecule has 1 aromatic heterocycles. The summed E-state index contributed by atoms with van der Waals surface area (Å²) >= 11 is 0. The molecule has 0 saturated carbocycles. The number of nitrogens with one attached hydrogen (secondary N) is 1. The lowest BCUT2D eigenvalue weighted by Crippen LogP contribution is -2.41. The van der Waals surface area contributed by atoms with Gasteiger partial charge in [0, 0.05) is 44.6 Å². The second-order valence-corrected chi connectivity index (χ2v) is 7.29. The Morgan fingerprint density at radius 3 is 3.00 bits per heavy atom. The van der Waals surface area contributed by atoms with Crippen molar-refractivity contribution in [2.75, 3.05) is 32.8 Å². The van der Waals surface area contributed by atoms with Crippen LogP contribution in [0.1, 0.15) is 44.3 Å². The molecule has 0 radical (unpaired) electrons. The highest BCUT2D eigenvalue weighted by Gasteiger charge is 2.42. The van der Waals surface area contributed by atoms with Gasteiger partial charge in [0.1, 0.15) is 12.4 Å². The number of ether oxygens (including phenoxy) is 1. The lowest BCUT2D eigenvalue weighted by molar-refractivity contribution is 0.156. The van der Waals surface area contributed by atoms with E-state index in [1.807, 2.05) is 0 Å². The number of rotatable bonds is 3. The van der Waals surface area contributed by atoms with Crippen molar-refractivity contribution in [2.45, 2.75) is 52.1 Å². The van der Waals surface area contributed by atoms with Crippen LogP contribution in [0, 0.1) is 5.41 Å². The van der Waals surface area contributed by atoms with Gasteiger partial charge in [-0.05, 0) is 32.6 Å². The van der Waals surface area contributed by atoms with E-state index >= 15 is 0 Å². The Kier molecular flexibility index (Phi) is 6.19. The van der Waals surface area contributed by atoms with Crippen LogP contribution in [0.5, 0.6) is 0 Å². The highest BCUT2D eigenvalue weighted by molar-refractivity contribution is 14.0. The first kappa shape index (κ1) is 18.9. The molecule has 0 aliphatic carbocycles. The molecule has 4 heterocycles. The quantitative estimate of drug-likeness (QED) is 0.424. The van der Waals surface area contributed by atoms with Crippen LogP contribution < -0.4 is 5.32 Å². The minimum Gasteiger partial charge on any atom is -0.381 e. The van der Waals surface area contributed by atoms with E-state index in [0.717, 1.165) is 63.4 Å². The molecular formula is C17H29IN6O. The average molecular weight is 460 g/mol. The first-order chi connectivity index (χ1) is 11.8. The van der Waals surface area contributed by atoms with E-state index in [4.69, 9.17) is 9.73 Å². The zero-order chi connectivity index (χ0) is 16.4. The van der Waals surface area contributed by atoms with Crippen LogP contribution in [0.4, 0.5) is 0 Å². The van der Waals surface area contributed by atoms with Gasteiger partial charge in [0.05, 0.1) is 6.61 Å². The maximum Gasteiger partial charge on any atom is 0.194 e. The number of halogens is 1. The molecule has 0 amide bonds. The molecule has 3 aliphatic heterocycles. The van der Waals surface area contributed by atoms with Crippen LogP contribution in [0.2, 0.25) is 0 Å². The van der Waals surface area contributed by atoms with Crippen LogP contribution in [-0.2, 0) is 24.2 Å². The van der Waals surface area contributed by atoms with Crippen LogP contribution >= 0.6 is 24.0 Å². The molecule has 1 N–H and O–H groups in total. The molecule has 140 valence electrons. The fourth-order valence-corrected chi connectivity index (χ4v) is 4.14. The highest BCUT2D eigenvalue weighted by atomic mass is 127. The van der Waals surface area contributed by atoms with Crippen LogP contribution in [-0.4, -0.2) is 58.5 Å². The number of guanidine groups is 1. The van der Waals surface area contributed by atoms with Crippen molar-refractivity contribution in [3.05, 3.63) is 11.6 Å². The number of fused-ring (bicyclic) bond motifs is 1. The average Bonchev–Trinajstić information content (AvgIpc) is 3.33. The van der Waals surface area contributed by atoms with Gasteiger partial charge in [0.25, 0.3) is 0 Å². The number of hydrogen-bond acceptors (Lipinski definition) is 4. The van der Waals surface area contributed by atoms with E-state index < -0.39 is 0 Å². The van der Waals surface area contributed by atoms with E-state index in [1.54, 1.807) is 0 Å². The van der Waals surface area contributed by atoms with Gasteiger partial charge < -0.3 is 19.5 Å². The van der Waals surface area contributed by atoms with E-state index in [0.29, 0.717) is 12.0 Å². The Morgan fingerprint density at radius 1 is 1.28 bits per heavy atom. The molecule has 4 rings (SSSR count). The monoisotopic (exact) mass is 460 g/mol. The summed E-state index contributed by atoms with van der Waals surface area (Å²) in [6.45, 7) is 8.58. The van der Waals surface area contributed by atoms with Gasteiger partial charge in [-0.15, -0.1) is 34.2 Å². The summed E-state index contributed by atoms with van der Waals surface area (Å²) in [5.74, 6) is 3.13. The summed E-state index contributed by atoms with van der Waals surface area (Å²) in [7, 11) is 0. The lowest BCUT2D eigenvalue weighted by atomic mass is 9.87. The molecule has 1 spiro atoms. The van der Waals surface area contributed by atoms with Crippen LogP contribution in [0.3, 0.4) is 0 Å². The summed E-state index contributed by atoms with van der Waals surface area (Å²) in [5.41, 5.74) is 0.351. The van der Waals surface area contributed by atoms with Crippen molar-refractivity contribution in [3.63, 3.8) is 0 Å². The van der Waals surface area contributed by atoms with E-state index in [-0.39, 0.29) is 24.0 Å². The topological polar surface area (TPSA) is 67.6 Å². The standard InChI is InChI=1S/C17H28N6O.HI/c1-2-18-16(22-9-6-17(12-22)7-10-24-13-17)19-11-15-21-20-14-5-3-4-8-23(14)15;/h2-13H2,1H3,(H,18,19);1H. The SMILES string of the molecule is CCNC(=NCc1nnc2n1CCCC2)N1CCC2(CCOC2)C1.I. The molecule has 1 aromatic rings. The molecule has 2 saturated heterocycles. The molecule has 0 aromatic carbocycles. The number of hydrogen-bond donors (Lipinski definition) is 1. The molecule has 7 nitrogen and oxygen atoms in total. The van der Waals surface area contributed by atoms with Gasteiger partial charge in [-0.1, -0.05) is 0 Å². The van der Waals surface area contributed by atoms with Crippen molar-refractivity contribution in [2.24, 2.45) is 10.4 Å². The summed E-state index contributed by atoms with van der Waals surface area (Å²) in [4.78, 5) is 7.26. The first-order valence-corrected chi connectivity index (χ1v) is 9.32. The van der Waals surface area contributed by atoms with Crippen molar-refractivity contribution < 1.29 is 4.74 Å². The third-order valence-electron chi connectivity index (χ3n) is 5.56. The number of nitrogens with zero attached hydrogens (tertiary/aromatic N) is 5. The second kappa shape index (κ2) is 8.20. The van der Waals surface area contributed by atoms with E-state index in [1.165, 1.54) is 25.7 Å². The van der Waals surface area contributed by atoms with Crippen molar-refractivity contribution in [3.8, 4) is 0 Å². The molecule has 1 atom stereocenters. The van der Waals surface area contributed by atoms with E-state index in [2.05, 4.69) is 31.9 Å². The maximum absolute atomic E-state index is 5.64. The van der Waals surface area contributed by atoms with Gasteiger partial charge in [0.15, 0.2) is 11.8 Å². The van der Waals surface area contributed by atoms with Crippen molar-refractivity contribution in [1.29, 1.82) is 0 Å². The normalized spacial score (nSPS) is 26.0. The largest absolute Gasteiger partial charge is 0.381 e. The number of aryl methyl sites for hydroxylation is 1. The third kappa shape index (κ3) is 3.94. The minimum atomic E-state index is 0. The van der Waals surface area contributed by atoms with Gasteiger partial charge in [-0.3, -0.25) is 0 Å². The Bertz CT molecular complexity index is 610. The summed E-state index contributed by atoms with van der Waals surface area (Å²) in [5, 5.41) is 12.1. The zero-order valence-electron chi connectivity index (χ0n) is 15.0. The number of aromatic nitrogens is 3. The third-order valence-corrected chi connectivity index (χ3v) is 5.56. The van der Waals surface area contributed by atoms with E-state index in [9.17, 15) is 0 Å². The smallest absolute Gasteiger partial charge is 0.194 e. The number of likely N-dealkylation sites (tertiary alicyclic amines) is 1. The summed E-state index contributed by atoms with van der Waals surface area (Å²) < 4.78 is 7.90. The first-order valence-electron chi connectivity index (χ1n) is 9.32. The van der Waals surface area contributed by atoms with Crippen molar-refractivity contribution in [1.82, 2.24) is 25.0 Å². The molecule has 25 heavy (non-hydrogen) atoms. The predicted molar refractivity (Wildman–Crippen MR) is 107 cm³/mol. The summed E-state index contributed by atoms with van der Waals surface area (Å²) in [6.07, 6.45) is 5.88. The zero-order valence-corrected chi connectivity index (χ0v) is 17.4. The lowest BCUT2D eigenvalue weighted by Gasteiger charge is -2.25. The Hall–Kier alpha value is -0.900. The summed E-state index contributed by atoms with van der Waals surface area (Å²) in [6, 6.07) is 0. The van der Waals surface area contributed by atoms with Crippen LogP contribution in [0.15, 0.2) is 4.99 Å².